The zero-order chi connectivity index (χ0) is 22.6. The Kier molecular flexibility index (Phi) is 6.49. The Bertz CT molecular complexity index is 1040. The van der Waals surface area contributed by atoms with Crippen molar-refractivity contribution in [2.24, 2.45) is 0 Å². The molecule has 4 heterocycles. The Morgan fingerprint density at radius 3 is 2.58 bits per heavy atom. The van der Waals surface area contributed by atoms with Crippen molar-refractivity contribution in [3.63, 3.8) is 0 Å². The van der Waals surface area contributed by atoms with Gasteiger partial charge in [-0.3, -0.25) is 0 Å². The van der Waals surface area contributed by atoms with Crippen LogP contribution < -0.4 is 15.0 Å². The predicted octanol–water partition coefficient (Wildman–Crippen LogP) is 1.61. The third-order valence-electron chi connectivity index (χ3n) is 6.04. The van der Waals surface area contributed by atoms with E-state index in [1.807, 2.05) is 32.6 Å². The minimum Gasteiger partial charge on any atom is -0.460 e. The van der Waals surface area contributed by atoms with Gasteiger partial charge in [-0.2, -0.15) is 14.6 Å². The van der Waals surface area contributed by atoms with Crippen LogP contribution in [0, 0.1) is 0 Å². The lowest BCUT2D eigenvalue weighted by atomic mass is 9.93. The van der Waals surface area contributed by atoms with Crippen LogP contribution in [0.4, 0.5) is 11.8 Å². The van der Waals surface area contributed by atoms with Crippen molar-refractivity contribution in [2.45, 2.75) is 44.4 Å². The van der Waals surface area contributed by atoms with E-state index in [0.29, 0.717) is 31.2 Å². The number of fused-ring (bicyclic) bond motifs is 1. The van der Waals surface area contributed by atoms with Crippen molar-refractivity contribution < 1.29 is 9.47 Å². The molecule has 2 aliphatic rings. The van der Waals surface area contributed by atoms with Crippen LogP contribution in [0.15, 0.2) is 24.8 Å². The number of rotatable bonds is 7. The minimum absolute atomic E-state index is 0.0891. The van der Waals surface area contributed by atoms with Gasteiger partial charge in [-0.05, 0) is 39.8 Å². The normalized spacial score (nSPS) is 21.5. The SMILES string of the molecule is CN(C)Cc1cnc(NC2CCC(Oc3nc(N4CCOCC4)cc4ncnn34)CC2)nc1. The van der Waals surface area contributed by atoms with Crippen molar-refractivity contribution >= 4 is 17.4 Å². The number of aromatic nitrogens is 6. The van der Waals surface area contributed by atoms with Gasteiger partial charge in [0.2, 0.25) is 5.95 Å². The topological polar surface area (TPSA) is 106 Å². The van der Waals surface area contributed by atoms with Crippen molar-refractivity contribution in [1.29, 1.82) is 0 Å². The minimum atomic E-state index is 0.0891. The van der Waals surface area contributed by atoms with Gasteiger partial charge >= 0.3 is 6.01 Å². The molecular formula is C22H31N9O2. The highest BCUT2D eigenvalue weighted by Gasteiger charge is 2.25. The van der Waals surface area contributed by atoms with Crippen LogP contribution in [0.2, 0.25) is 0 Å². The van der Waals surface area contributed by atoms with Crippen LogP contribution in [0.1, 0.15) is 31.2 Å². The lowest BCUT2D eigenvalue weighted by molar-refractivity contribution is 0.121. The third kappa shape index (κ3) is 5.31. The summed E-state index contributed by atoms with van der Waals surface area (Å²) in [5.74, 6) is 1.55. The number of hydrogen-bond donors (Lipinski definition) is 1. The second-order valence-electron chi connectivity index (χ2n) is 8.91. The molecule has 1 saturated heterocycles. The van der Waals surface area contributed by atoms with Crippen molar-refractivity contribution in [2.75, 3.05) is 50.6 Å². The van der Waals surface area contributed by atoms with E-state index in [9.17, 15) is 0 Å². The van der Waals surface area contributed by atoms with E-state index in [0.717, 1.165) is 62.3 Å². The average molecular weight is 454 g/mol. The third-order valence-corrected chi connectivity index (χ3v) is 6.04. The standard InChI is InChI=1S/C22H31N9O2/c1-29(2)14-16-12-23-21(24-13-16)27-17-3-5-18(6-4-17)33-22-28-20(30-7-9-32-10-8-30)11-19-25-15-26-31(19)22/h11-13,15,17-18H,3-10,14H2,1-2H3,(H,23,24,27). The van der Waals surface area contributed by atoms with Crippen LogP contribution >= 0.6 is 0 Å². The Balaban J connectivity index is 1.19. The second kappa shape index (κ2) is 9.84. The van der Waals surface area contributed by atoms with Gasteiger partial charge in [-0.15, -0.1) is 0 Å². The average Bonchev–Trinajstić information content (AvgIpc) is 3.31. The highest BCUT2D eigenvalue weighted by molar-refractivity contribution is 5.52. The van der Waals surface area contributed by atoms with Gasteiger partial charge in [-0.1, -0.05) is 0 Å². The number of anilines is 2. The maximum Gasteiger partial charge on any atom is 0.321 e. The smallest absolute Gasteiger partial charge is 0.321 e. The molecule has 2 fully saturated rings. The maximum atomic E-state index is 6.34. The van der Waals surface area contributed by atoms with E-state index in [1.54, 1.807) is 4.52 Å². The molecule has 5 rings (SSSR count). The Hall–Kier alpha value is -3.05. The van der Waals surface area contributed by atoms with Gasteiger partial charge in [-0.25, -0.2) is 15.0 Å². The maximum absolute atomic E-state index is 6.34. The molecule has 0 spiro atoms. The van der Waals surface area contributed by atoms with E-state index in [-0.39, 0.29) is 6.10 Å². The first-order valence-corrected chi connectivity index (χ1v) is 11.6. The molecule has 0 amide bonds. The molecule has 176 valence electrons. The summed E-state index contributed by atoms with van der Waals surface area (Å²) in [6.45, 7) is 3.86. The quantitative estimate of drug-likeness (QED) is 0.567. The Labute approximate surface area is 193 Å². The highest BCUT2D eigenvalue weighted by Crippen LogP contribution is 2.26. The van der Waals surface area contributed by atoms with E-state index < -0.39 is 0 Å². The van der Waals surface area contributed by atoms with Crippen LogP contribution in [0.3, 0.4) is 0 Å². The molecule has 1 saturated carbocycles. The molecule has 1 N–H and O–H groups in total. The fraction of sp³-hybridized carbons (Fsp3) is 0.591. The molecule has 0 radical (unpaired) electrons. The number of nitrogens with zero attached hydrogens (tertiary/aromatic N) is 8. The van der Waals surface area contributed by atoms with E-state index in [4.69, 9.17) is 14.5 Å². The summed E-state index contributed by atoms with van der Waals surface area (Å²) in [6.07, 6.45) is 9.23. The molecule has 11 nitrogen and oxygen atoms in total. The number of ether oxygens (including phenoxy) is 2. The Morgan fingerprint density at radius 2 is 1.85 bits per heavy atom. The molecular weight excluding hydrogens is 422 g/mol. The fourth-order valence-corrected chi connectivity index (χ4v) is 4.35. The largest absolute Gasteiger partial charge is 0.460 e. The highest BCUT2D eigenvalue weighted by atomic mass is 16.5. The summed E-state index contributed by atoms with van der Waals surface area (Å²) in [5.41, 5.74) is 1.85. The molecule has 3 aromatic heterocycles. The van der Waals surface area contributed by atoms with E-state index in [1.165, 1.54) is 6.33 Å². The number of hydrogen-bond acceptors (Lipinski definition) is 10. The summed E-state index contributed by atoms with van der Waals surface area (Å²) < 4.78 is 13.5. The van der Waals surface area contributed by atoms with Gasteiger partial charge in [0.25, 0.3) is 0 Å². The van der Waals surface area contributed by atoms with Crippen molar-refractivity contribution in [3.05, 3.63) is 30.4 Å². The summed E-state index contributed by atoms with van der Waals surface area (Å²) >= 11 is 0. The molecule has 1 aliphatic carbocycles. The molecule has 33 heavy (non-hydrogen) atoms. The summed E-state index contributed by atoms with van der Waals surface area (Å²) in [4.78, 5) is 22.4. The molecule has 11 heteroatoms. The van der Waals surface area contributed by atoms with Crippen LogP contribution in [0.25, 0.3) is 5.65 Å². The van der Waals surface area contributed by atoms with E-state index in [2.05, 4.69) is 35.2 Å². The van der Waals surface area contributed by atoms with Gasteiger partial charge in [0.05, 0.1) is 13.2 Å². The van der Waals surface area contributed by atoms with Gasteiger partial charge < -0.3 is 24.6 Å². The van der Waals surface area contributed by atoms with E-state index >= 15 is 0 Å². The number of morpholine rings is 1. The molecule has 1 aliphatic heterocycles. The van der Waals surface area contributed by atoms with Crippen LogP contribution in [0.5, 0.6) is 6.01 Å². The number of nitrogens with one attached hydrogen (secondary N) is 1. The zero-order valence-electron chi connectivity index (χ0n) is 19.2. The summed E-state index contributed by atoms with van der Waals surface area (Å²) in [7, 11) is 4.07. The van der Waals surface area contributed by atoms with Crippen LogP contribution in [-0.2, 0) is 11.3 Å². The lowest BCUT2D eigenvalue weighted by Crippen LogP contribution is -2.37. The molecule has 0 unspecified atom stereocenters. The summed E-state index contributed by atoms with van der Waals surface area (Å²) in [5, 5.41) is 7.78. The Morgan fingerprint density at radius 1 is 1.09 bits per heavy atom. The van der Waals surface area contributed by atoms with Gasteiger partial charge in [0, 0.05) is 49.7 Å². The van der Waals surface area contributed by atoms with Crippen molar-refractivity contribution in [3.8, 4) is 6.01 Å². The van der Waals surface area contributed by atoms with Crippen molar-refractivity contribution in [1.82, 2.24) is 34.4 Å². The monoisotopic (exact) mass is 453 g/mol. The van der Waals surface area contributed by atoms with Gasteiger partial charge in [0.1, 0.15) is 18.2 Å². The molecule has 0 atom stereocenters. The van der Waals surface area contributed by atoms with Gasteiger partial charge in [0.15, 0.2) is 5.65 Å². The zero-order valence-corrected chi connectivity index (χ0v) is 19.2. The molecule has 0 aromatic carbocycles. The molecule has 3 aromatic rings. The second-order valence-corrected chi connectivity index (χ2v) is 8.91. The predicted molar refractivity (Wildman–Crippen MR) is 124 cm³/mol. The first-order valence-electron chi connectivity index (χ1n) is 11.6. The lowest BCUT2D eigenvalue weighted by Gasteiger charge is -2.30. The first-order chi connectivity index (χ1) is 16.1. The summed E-state index contributed by atoms with van der Waals surface area (Å²) in [6, 6.07) is 2.79. The fourth-order valence-electron chi connectivity index (χ4n) is 4.35. The molecule has 0 bridgehead atoms. The first kappa shape index (κ1) is 21.8. The van der Waals surface area contributed by atoms with Crippen LogP contribution in [-0.4, -0.2) is 87.0 Å².